The summed E-state index contributed by atoms with van der Waals surface area (Å²) in [6, 6.07) is 3.47. The number of carboxylic acids is 1. The maximum atomic E-state index is 13.3. The molecule has 4 rings (SSSR count). The highest BCUT2D eigenvalue weighted by atomic mass is 16.7. The number of hydrogen-bond donors (Lipinski definition) is 9. The van der Waals surface area contributed by atoms with Crippen molar-refractivity contribution < 1.29 is 64.6 Å². The van der Waals surface area contributed by atoms with Gasteiger partial charge in [-0.2, -0.15) is 0 Å². The minimum atomic E-state index is -2.07. The molecule has 0 radical (unpaired) electrons. The number of aliphatic hydroxyl groups excluding tert-OH is 3. The molecule has 0 aliphatic carbocycles. The molecule has 2 heterocycles. The number of phenolic OH excluding ortho intramolecular Hbond substituents is 5. The van der Waals surface area contributed by atoms with Gasteiger partial charge in [0, 0.05) is 17.7 Å². The minimum absolute atomic E-state index is 0.282. The van der Waals surface area contributed by atoms with Gasteiger partial charge in [0.1, 0.15) is 40.8 Å². The van der Waals surface area contributed by atoms with Crippen molar-refractivity contribution in [2.24, 2.45) is 0 Å². The second-order valence-corrected chi connectivity index (χ2v) is 7.64. The summed E-state index contributed by atoms with van der Waals surface area (Å²) in [4.78, 5) is 24.6. The highest BCUT2D eigenvalue weighted by molar-refractivity contribution is 5.88. The summed E-state index contributed by atoms with van der Waals surface area (Å²) in [7, 11) is 0. The van der Waals surface area contributed by atoms with Crippen molar-refractivity contribution in [3.05, 3.63) is 34.5 Å². The Hall–Kier alpha value is -4.24. The van der Waals surface area contributed by atoms with Crippen LogP contribution in [0, 0.1) is 0 Å². The molecule has 1 saturated heterocycles. The van der Waals surface area contributed by atoms with E-state index in [0.717, 1.165) is 24.3 Å². The van der Waals surface area contributed by atoms with Crippen LogP contribution in [0.1, 0.15) is 0 Å². The van der Waals surface area contributed by atoms with Crippen LogP contribution in [0.4, 0.5) is 0 Å². The first-order chi connectivity index (χ1) is 16.4. The fraction of sp³-hybridized carbons (Fsp3) is 0.238. The third-order valence-electron chi connectivity index (χ3n) is 5.30. The van der Waals surface area contributed by atoms with Gasteiger partial charge in [-0.15, -0.1) is 0 Å². The smallest absolute Gasteiger partial charge is 0.335 e. The van der Waals surface area contributed by atoms with Crippen molar-refractivity contribution in [2.45, 2.75) is 30.7 Å². The number of carbonyl (C=O) groups is 1. The topological polar surface area (TPSA) is 248 Å². The molecule has 186 valence electrons. The SMILES string of the molecule is O=C(O)[C@H]1O[C@@H](Oc2c(-c3cc(O)c(O)c(O)c3)oc3cc(O)cc(O)c3c2=O)C(O)C(O)[C@@H]1O. The number of hydrogen-bond acceptors (Lipinski definition) is 13. The molecular weight excluding hydrogens is 476 g/mol. The number of aliphatic hydroxyl groups is 3. The fourth-order valence-electron chi connectivity index (χ4n) is 3.57. The van der Waals surface area contributed by atoms with Crippen LogP contribution in [0.25, 0.3) is 22.3 Å². The molecule has 1 aliphatic rings. The van der Waals surface area contributed by atoms with Crippen LogP contribution in [0.15, 0.2) is 33.5 Å². The minimum Gasteiger partial charge on any atom is -0.508 e. The maximum absolute atomic E-state index is 13.3. The number of rotatable bonds is 4. The largest absolute Gasteiger partial charge is 0.508 e. The van der Waals surface area contributed by atoms with Gasteiger partial charge < -0.3 is 59.8 Å². The van der Waals surface area contributed by atoms with E-state index < -0.39 is 87.7 Å². The third kappa shape index (κ3) is 4.00. The highest BCUT2D eigenvalue weighted by Crippen LogP contribution is 2.43. The zero-order valence-electron chi connectivity index (χ0n) is 17.3. The monoisotopic (exact) mass is 494 g/mol. The van der Waals surface area contributed by atoms with Crippen LogP contribution in [0.5, 0.6) is 34.5 Å². The standard InChI is InChI=1S/C21H18O14/c22-6-3-7(23)11-10(4-6)33-17(5-1-8(24)12(26)9(25)2-5)18(13(11)27)34-21-16(30)14(28)15(29)19(35-21)20(31)32/h1-4,14-16,19,21-26,28-30H,(H,31,32)/t14?,15-,16?,19-,21+/m0/s1. The van der Waals surface area contributed by atoms with E-state index in [1.165, 1.54) is 0 Å². The number of aromatic hydroxyl groups is 5. The molecule has 14 nitrogen and oxygen atoms in total. The van der Waals surface area contributed by atoms with Crippen LogP contribution < -0.4 is 10.2 Å². The van der Waals surface area contributed by atoms with Gasteiger partial charge >= 0.3 is 5.97 Å². The molecule has 0 saturated carbocycles. The molecule has 1 aromatic heterocycles. The Balaban J connectivity index is 1.94. The summed E-state index contributed by atoms with van der Waals surface area (Å²) >= 11 is 0. The molecule has 0 amide bonds. The molecule has 35 heavy (non-hydrogen) atoms. The fourth-order valence-corrected chi connectivity index (χ4v) is 3.57. The quantitative estimate of drug-likeness (QED) is 0.203. The Kier molecular flexibility index (Phi) is 5.82. The van der Waals surface area contributed by atoms with Gasteiger partial charge in [-0.3, -0.25) is 4.79 Å². The average Bonchev–Trinajstić information content (AvgIpc) is 2.77. The molecule has 0 spiro atoms. The van der Waals surface area contributed by atoms with Gasteiger partial charge in [-0.05, 0) is 12.1 Å². The summed E-state index contributed by atoms with van der Waals surface area (Å²) in [5.41, 5.74) is -1.80. The van der Waals surface area contributed by atoms with Crippen LogP contribution in [0.2, 0.25) is 0 Å². The average molecular weight is 494 g/mol. The number of benzene rings is 2. The van der Waals surface area contributed by atoms with Crippen molar-refractivity contribution in [1.29, 1.82) is 0 Å². The Morgan fingerprint density at radius 3 is 2.09 bits per heavy atom. The number of carboxylic acid groups (broad SMARTS) is 1. The molecule has 0 bridgehead atoms. The van der Waals surface area contributed by atoms with E-state index in [1.54, 1.807) is 0 Å². The second-order valence-electron chi connectivity index (χ2n) is 7.64. The molecule has 9 N–H and O–H groups in total. The number of aliphatic carboxylic acids is 1. The van der Waals surface area contributed by atoms with Gasteiger partial charge in [0.15, 0.2) is 29.1 Å². The van der Waals surface area contributed by atoms with E-state index >= 15 is 0 Å². The van der Waals surface area contributed by atoms with Crippen molar-refractivity contribution in [2.75, 3.05) is 0 Å². The van der Waals surface area contributed by atoms with Crippen LogP contribution >= 0.6 is 0 Å². The number of phenols is 5. The van der Waals surface area contributed by atoms with Crippen LogP contribution in [0.3, 0.4) is 0 Å². The first kappa shape index (κ1) is 23.9. The molecule has 1 aliphatic heterocycles. The van der Waals surface area contributed by atoms with E-state index in [2.05, 4.69) is 0 Å². The van der Waals surface area contributed by atoms with Gasteiger partial charge in [0.2, 0.25) is 17.5 Å². The van der Waals surface area contributed by atoms with E-state index in [4.69, 9.17) is 13.9 Å². The number of ether oxygens (including phenoxy) is 2. The lowest BCUT2D eigenvalue weighted by Gasteiger charge is -2.38. The summed E-state index contributed by atoms with van der Waals surface area (Å²) in [6.45, 7) is 0. The van der Waals surface area contributed by atoms with E-state index in [0.29, 0.717) is 0 Å². The lowest BCUT2D eigenvalue weighted by Crippen LogP contribution is -2.61. The van der Waals surface area contributed by atoms with E-state index in [9.17, 15) is 55.5 Å². The summed E-state index contributed by atoms with van der Waals surface area (Å²) in [5.74, 6) is -6.98. The van der Waals surface area contributed by atoms with Crippen LogP contribution in [-0.4, -0.2) is 82.6 Å². The van der Waals surface area contributed by atoms with Crippen molar-refractivity contribution in [1.82, 2.24) is 0 Å². The zero-order valence-corrected chi connectivity index (χ0v) is 17.3. The second kappa shape index (κ2) is 8.52. The van der Waals surface area contributed by atoms with Crippen LogP contribution in [-0.2, 0) is 9.53 Å². The predicted octanol–water partition coefficient (Wildman–Crippen LogP) is -0.741. The van der Waals surface area contributed by atoms with Gasteiger partial charge in [0.05, 0.1) is 0 Å². The first-order valence-corrected chi connectivity index (χ1v) is 9.78. The lowest BCUT2D eigenvalue weighted by atomic mass is 9.99. The Morgan fingerprint density at radius 2 is 1.49 bits per heavy atom. The molecule has 2 aromatic carbocycles. The predicted molar refractivity (Wildman–Crippen MR) is 111 cm³/mol. The van der Waals surface area contributed by atoms with E-state index in [1.807, 2.05) is 0 Å². The lowest BCUT2D eigenvalue weighted by molar-refractivity contribution is -0.271. The first-order valence-electron chi connectivity index (χ1n) is 9.78. The van der Waals surface area contributed by atoms with Gasteiger partial charge in [-0.25, -0.2) is 4.79 Å². The molecule has 3 aromatic rings. The number of fused-ring (bicyclic) bond motifs is 1. The van der Waals surface area contributed by atoms with Crippen molar-refractivity contribution >= 4 is 16.9 Å². The van der Waals surface area contributed by atoms with Crippen molar-refractivity contribution in [3.8, 4) is 45.8 Å². The van der Waals surface area contributed by atoms with Gasteiger partial charge in [-0.1, -0.05) is 0 Å². The summed E-state index contributed by atoms with van der Waals surface area (Å²) in [5, 5.41) is 88.2. The zero-order chi connectivity index (χ0) is 25.8. The molecule has 1 fully saturated rings. The summed E-state index contributed by atoms with van der Waals surface area (Å²) < 4.78 is 15.9. The highest BCUT2D eigenvalue weighted by Gasteiger charge is 2.48. The van der Waals surface area contributed by atoms with Crippen molar-refractivity contribution in [3.63, 3.8) is 0 Å². The molecular formula is C21H18O14. The van der Waals surface area contributed by atoms with E-state index in [-0.39, 0.29) is 11.1 Å². The maximum Gasteiger partial charge on any atom is 0.335 e. The Labute approximate surface area is 193 Å². The van der Waals surface area contributed by atoms with Gasteiger partial charge in [0.25, 0.3) is 0 Å². The summed E-state index contributed by atoms with van der Waals surface area (Å²) in [6.07, 6.45) is -10.3. The third-order valence-corrected chi connectivity index (χ3v) is 5.30. The molecule has 5 atom stereocenters. The Morgan fingerprint density at radius 1 is 0.857 bits per heavy atom. The molecule has 14 heteroatoms. The Bertz CT molecular complexity index is 1360. The molecule has 2 unspecified atom stereocenters. The normalized spacial score (nSPS) is 24.4.